The number of anilines is 1. The summed E-state index contributed by atoms with van der Waals surface area (Å²) in [5.41, 5.74) is 4.42. The van der Waals surface area contributed by atoms with Crippen molar-refractivity contribution in [2.24, 2.45) is 5.10 Å². The van der Waals surface area contributed by atoms with Crippen LogP contribution in [-0.2, 0) is 0 Å². The van der Waals surface area contributed by atoms with Gasteiger partial charge in [-0.1, -0.05) is 23.7 Å². The second-order valence-corrected chi connectivity index (χ2v) is 6.80. The van der Waals surface area contributed by atoms with E-state index in [0.29, 0.717) is 33.3 Å². The Labute approximate surface area is 184 Å². The van der Waals surface area contributed by atoms with Crippen LogP contribution in [0.3, 0.4) is 0 Å². The van der Waals surface area contributed by atoms with Crippen LogP contribution in [0.15, 0.2) is 71.8 Å². The molecule has 0 aliphatic rings. The molecule has 0 bridgehead atoms. The predicted molar refractivity (Wildman–Crippen MR) is 120 cm³/mol. The molecule has 7 nitrogen and oxygen atoms in total. The fourth-order valence-corrected chi connectivity index (χ4v) is 2.92. The lowest BCUT2D eigenvalue weighted by Gasteiger charge is -2.08. The number of ether oxygens (including phenoxy) is 2. The Bertz CT molecular complexity index is 1130. The van der Waals surface area contributed by atoms with E-state index >= 15 is 0 Å². The number of hydrogen-bond donors (Lipinski definition) is 2. The highest BCUT2D eigenvalue weighted by atomic mass is 35.5. The minimum Gasteiger partial charge on any atom is -0.493 e. The van der Waals surface area contributed by atoms with Crippen molar-refractivity contribution in [3.8, 4) is 11.5 Å². The number of hydrazone groups is 1. The molecule has 3 aromatic rings. The van der Waals surface area contributed by atoms with Gasteiger partial charge in [-0.15, -0.1) is 0 Å². The largest absolute Gasteiger partial charge is 0.493 e. The Morgan fingerprint density at radius 3 is 2.29 bits per heavy atom. The maximum atomic E-state index is 12.4. The summed E-state index contributed by atoms with van der Waals surface area (Å²) < 4.78 is 10.4. The number of amides is 2. The minimum absolute atomic E-state index is 0.327. The summed E-state index contributed by atoms with van der Waals surface area (Å²) in [6.07, 6.45) is 1.49. The fourth-order valence-electron chi connectivity index (χ4n) is 2.73. The van der Waals surface area contributed by atoms with Crippen LogP contribution in [0.25, 0.3) is 0 Å². The topological polar surface area (TPSA) is 89.0 Å². The molecule has 0 aromatic heterocycles. The third kappa shape index (κ3) is 5.83. The SMILES string of the molecule is COc1ccc(C=NNC(=O)c2cccc(NC(=O)c3cccc(Cl)c3)c2)cc1OC. The van der Waals surface area contributed by atoms with E-state index in [9.17, 15) is 9.59 Å². The van der Waals surface area contributed by atoms with Crippen LogP contribution in [0, 0.1) is 0 Å². The standard InChI is InChI=1S/C23H20ClN3O4/c1-30-20-10-9-15(11-21(20)31-2)14-25-27-23(29)17-6-4-8-19(13-17)26-22(28)16-5-3-7-18(24)12-16/h3-14H,1-2H3,(H,26,28)(H,27,29). The number of methoxy groups -OCH3 is 2. The lowest BCUT2D eigenvalue weighted by atomic mass is 10.1. The number of rotatable bonds is 7. The molecule has 0 spiro atoms. The molecule has 0 atom stereocenters. The molecule has 0 heterocycles. The van der Waals surface area contributed by atoms with Crippen molar-refractivity contribution in [2.45, 2.75) is 0 Å². The van der Waals surface area contributed by atoms with Crippen LogP contribution < -0.4 is 20.2 Å². The molecular formula is C23H20ClN3O4. The second kappa shape index (κ2) is 10.3. The first kappa shape index (κ1) is 21.9. The number of carbonyl (C=O) groups is 2. The summed E-state index contributed by atoms with van der Waals surface area (Å²) in [4.78, 5) is 24.8. The normalized spacial score (nSPS) is 10.5. The summed E-state index contributed by atoms with van der Waals surface area (Å²) in [7, 11) is 3.09. The van der Waals surface area contributed by atoms with Crippen LogP contribution in [0.1, 0.15) is 26.3 Å². The van der Waals surface area contributed by atoms with Gasteiger partial charge in [-0.2, -0.15) is 5.10 Å². The van der Waals surface area contributed by atoms with Crippen molar-refractivity contribution < 1.29 is 19.1 Å². The van der Waals surface area contributed by atoms with E-state index in [1.807, 2.05) is 0 Å². The van der Waals surface area contributed by atoms with Crippen LogP contribution in [0.4, 0.5) is 5.69 Å². The van der Waals surface area contributed by atoms with E-state index in [-0.39, 0.29) is 5.91 Å². The van der Waals surface area contributed by atoms with Gasteiger partial charge < -0.3 is 14.8 Å². The monoisotopic (exact) mass is 437 g/mol. The zero-order valence-electron chi connectivity index (χ0n) is 16.9. The highest BCUT2D eigenvalue weighted by Crippen LogP contribution is 2.26. The van der Waals surface area contributed by atoms with Crippen molar-refractivity contribution in [2.75, 3.05) is 19.5 Å². The number of benzene rings is 3. The Kier molecular flexibility index (Phi) is 7.24. The smallest absolute Gasteiger partial charge is 0.271 e. The number of nitrogens with one attached hydrogen (secondary N) is 2. The van der Waals surface area contributed by atoms with Gasteiger partial charge in [0, 0.05) is 21.8 Å². The summed E-state index contributed by atoms with van der Waals surface area (Å²) in [6.45, 7) is 0. The molecule has 0 unspecified atom stereocenters. The molecule has 2 N–H and O–H groups in total. The second-order valence-electron chi connectivity index (χ2n) is 6.36. The molecule has 0 aliphatic heterocycles. The molecule has 3 aromatic carbocycles. The lowest BCUT2D eigenvalue weighted by Crippen LogP contribution is -2.18. The average Bonchev–Trinajstić information content (AvgIpc) is 2.79. The zero-order valence-corrected chi connectivity index (χ0v) is 17.6. The van der Waals surface area contributed by atoms with E-state index in [0.717, 1.165) is 5.56 Å². The highest BCUT2D eigenvalue weighted by molar-refractivity contribution is 6.31. The van der Waals surface area contributed by atoms with E-state index in [4.69, 9.17) is 21.1 Å². The zero-order chi connectivity index (χ0) is 22.2. The number of halogens is 1. The number of nitrogens with zero attached hydrogens (tertiary/aromatic N) is 1. The summed E-state index contributed by atoms with van der Waals surface area (Å²) in [5.74, 6) is 0.406. The third-order valence-electron chi connectivity index (χ3n) is 4.26. The molecule has 0 saturated heterocycles. The van der Waals surface area contributed by atoms with E-state index in [1.54, 1.807) is 80.9 Å². The maximum absolute atomic E-state index is 12.4. The van der Waals surface area contributed by atoms with Gasteiger partial charge in [-0.05, 0) is 60.2 Å². The van der Waals surface area contributed by atoms with Crippen molar-refractivity contribution in [3.63, 3.8) is 0 Å². The van der Waals surface area contributed by atoms with Gasteiger partial charge in [-0.25, -0.2) is 5.43 Å². The maximum Gasteiger partial charge on any atom is 0.271 e. The first-order chi connectivity index (χ1) is 15.0. The number of hydrogen-bond acceptors (Lipinski definition) is 5. The Morgan fingerprint density at radius 1 is 0.871 bits per heavy atom. The average molecular weight is 438 g/mol. The molecule has 0 radical (unpaired) electrons. The first-order valence-corrected chi connectivity index (χ1v) is 9.60. The lowest BCUT2D eigenvalue weighted by molar-refractivity contribution is 0.0953. The molecule has 0 fully saturated rings. The van der Waals surface area contributed by atoms with Crippen LogP contribution in [0.5, 0.6) is 11.5 Å². The third-order valence-corrected chi connectivity index (χ3v) is 4.49. The summed E-state index contributed by atoms with van der Waals surface area (Å²) in [5, 5.41) is 7.18. The Balaban J connectivity index is 1.65. The van der Waals surface area contributed by atoms with Crippen LogP contribution in [-0.4, -0.2) is 32.2 Å². The molecule has 0 aliphatic carbocycles. The molecule has 2 amide bonds. The van der Waals surface area contributed by atoms with Crippen LogP contribution in [0.2, 0.25) is 5.02 Å². The molecular weight excluding hydrogens is 418 g/mol. The van der Waals surface area contributed by atoms with Crippen LogP contribution >= 0.6 is 11.6 Å². The fraction of sp³-hybridized carbons (Fsp3) is 0.0870. The molecule has 8 heteroatoms. The predicted octanol–water partition coefficient (Wildman–Crippen LogP) is 4.37. The number of carbonyl (C=O) groups excluding carboxylic acids is 2. The van der Waals surface area contributed by atoms with E-state index in [1.165, 1.54) is 6.21 Å². The van der Waals surface area contributed by atoms with Crippen molar-refractivity contribution >= 4 is 35.3 Å². The van der Waals surface area contributed by atoms with E-state index in [2.05, 4.69) is 15.8 Å². The minimum atomic E-state index is -0.421. The first-order valence-electron chi connectivity index (χ1n) is 9.22. The summed E-state index contributed by atoms with van der Waals surface area (Å²) in [6, 6.07) is 18.4. The van der Waals surface area contributed by atoms with E-state index < -0.39 is 5.91 Å². The van der Waals surface area contributed by atoms with Gasteiger partial charge in [0.2, 0.25) is 0 Å². The quantitative estimate of drug-likeness (QED) is 0.424. The molecule has 0 saturated carbocycles. The molecule has 31 heavy (non-hydrogen) atoms. The van der Waals surface area contributed by atoms with Gasteiger partial charge in [0.25, 0.3) is 11.8 Å². The van der Waals surface area contributed by atoms with Gasteiger partial charge in [0.1, 0.15) is 0 Å². The molecule has 3 rings (SSSR count). The van der Waals surface area contributed by atoms with Crippen molar-refractivity contribution in [1.82, 2.24) is 5.43 Å². The Hall–Kier alpha value is -3.84. The highest BCUT2D eigenvalue weighted by Gasteiger charge is 2.10. The van der Waals surface area contributed by atoms with Crippen molar-refractivity contribution in [1.29, 1.82) is 0 Å². The van der Waals surface area contributed by atoms with Gasteiger partial charge in [-0.3, -0.25) is 9.59 Å². The Morgan fingerprint density at radius 2 is 1.58 bits per heavy atom. The van der Waals surface area contributed by atoms with Gasteiger partial charge in [0.05, 0.1) is 20.4 Å². The molecule has 158 valence electrons. The van der Waals surface area contributed by atoms with Crippen molar-refractivity contribution in [3.05, 3.63) is 88.4 Å². The summed E-state index contributed by atoms with van der Waals surface area (Å²) >= 11 is 5.92. The van der Waals surface area contributed by atoms with Gasteiger partial charge in [0.15, 0.2) is 11.5 Å². The van der Waals surface area contributed by atoms with Gasteiger partial charge >= 0.3 is 0 Å².